The van der Waals surface area contributed by atoms with Gasteiger partial charge in [0, 0.05) is 12.0 Å². The van der Waals surface area contributed by atoms with Gasteiger partial charge in [-0.05, 0) is 65.8 Å². The predicted molar refractivity (Wildman–Crippen MR) is 71.1 cm³/mol. The van der Waals surface area contributed by atoms with E-state index in [1.54, 1.807) is 0 Å². The quantitative estimate of drug-likeness (QED) is 0.790. The molecule has 0 aromatic rings. The molecular weight excluding hydrogens is 212 g/mol. The van der Waals surface area contributed by atoms with E-state index in [1.165, 1.54) is 51.7 Å². The van der Waals surface area contributed by atoms with Crippen molar-refractivity contribution in [1.82, 2.24) is 9.80 Å². The molecule has 1 N–H and O–H groups in total. The van der Waals surface area contributed by atoms with Gasteiger partial charge in [-0.3, -0.25) is 4.90 Å². The first-order chi connectivity index (χ1) is 8.18. The minimum Gasteiger partial charge on any atom is -0.393 e. The summed E-state index contributed by atoms with van der Waals surface area (Å²) < 4.78 is 0. The Morgan fingerprint density at radius 1 is 1.18 bits per heavy atom. The molecule has 1 saturated carbocycles. The minimum absolute atomic E-state index is 0.0190. The first-order valence-electron chi connectivity index (χ1n) is 7.25. The Bertz CT molecular complexity index is 232. The van der Waals surface area contributed by atoms with Gasteiger partial charge in [0.05, 0.1) is 6.10 Å². The number of aliphatic hydroxyl groups excluding tert-OH is 1. The van der Waals surface area contributed by atoms with Crippen LogP contribution in [0.2, 0.25) is 0 Å². The van der Waals surface area contributed by atoms with Gasteiger partial charge in [0.2, 0.25) is 0 Å². The Morgan fingerprint density at radius 2 is 2.00 bits per heavy atom. The van der Waals surface area contributed by atoms with Crippen molar-refractivity contribution < 1.29 is 5.11 Å². The van der Waals surface area contributed by atoms with Crippen LogP contribution in [0.4, 0.5) is 0 Å². The van der Waals surface area contributed by atoms with Gasteiger partial charge in [-0.1, -0.05) is 6.42 Å². The molecule has 3 unspecified atom stereocenters. The second-order valence-electron chi connectivity index (χ2n) is 6.06. The van der Waals surface area contributed by atoms with E-state index in [4.69, 9.17) is 0 Å². The summed E-state index contributed by atoms with van der Waals surface area (Å²) in [6.45, 7) is 3.64. The normalized spacial score (nSPS) is 34.9. The van der Waals surface area contributed by atoms with Crippen molar-refractivity contribution in [2.75, 3.05) is 33.7 Å². The maximum absolute atomic E-state index is 10.0. The summed E-state index contributed by atoms with van der Waals surface area (Å²) in [5.41, 5.74) is 0. The highest BCUT2D eigenvalue weighted by Crippen LogP contribution is 2.35. The van der Waals surface area contributed by atoms with Crippen molar-refractivity contribution in [1.29, 1.82) is 0 Å². The number of likely N-dealkylation sites (tertiary alicyclic amines) is 1. The van der Waals surface area contributed by atoms with E-state index in [-0.39, 0.29) is 6.10 Å². The molecular formula is C14H28N2O. The third-order valence-corrected chi connectivity index (χ3v) is 4.49. The smallest absolute Gasteiger partial charge is 0.0583 e. The molecule has 0 amide bonds. The molecule has 1 saturated heterocycles. The first-order valence-corrected chi connectivity index (χ1v) is 7.25. The number of aliphatic hydroxyl groups is 1. The Morgan fingerprint density at radius 3 is 2.65 bits per heavy atom. The third kappa shape index (κ3) is 3.43. The molecule has 1 heterocycles. The van der Waals surface area contributed by atoms with Crippen molar-refractivity contribution in [2.24, 2.45) is 5.92 Å². The largest absolute Gasteiger partial charge is 0.393 e. The number of hydrogen-bond acceptors (Lipinski definition) is 3. The van der Waals surface area contributed by atoms with Crippen LogP contribution in [0.5, 0.6) is 0 Å². The Balaban J connectivity index is 1.80. The standard InChI is InChI=1S/C14H28N2O/c1-15(2)9-5-11-16-10-4-7-13(16)12-6-3-8-14(12)17/h12-14,17H,3-11H2,1-2H3. The molecule has 100 valence electrons. The predicted octanol–water partition coefficient (Wildman–Crippen LogP) is 1.56. The molecule has 0 spiro atoms. The van der Waals surface area contributed by atoms with E-state index in [0.29, 0.717) is 12.0 Å². The second-order valence-corrected chi connectivity index (χ2v) is 6.06. The summed E-state index contributed by atoms with van der Waals surface area (Å²) in [4.78, 5) is 4.90. The highest BCUT2D eigenvalue weighted by atomic mass is 16.3. The molecule has 1 aliphatic heterocycles. The van der Waals surface area contributed by atoms with Crippen LogP contribution in [0.3, 0.4) is 0 Å². The lowest BCUT2D eigenvalue weighted by atomic mass is 9.94. The zero-order valence-electron chi connectivity index (χ0n) is 11.4. The Labute approximate surface area is 106 Å². The fraction of sp³-hybridized carbons (Fsp3) is 1.00. The molecule has 2 fully saturated rings. The van der Waals surface area contributed by atoms with Gasteiger partial charge in [0.1, 0.15) is 0 Å². The fourth-order valence-electron chi connectivity index (χ4n) is 3.62. The molecule has 2 rings (SSSR count). The molecule has 17 heavy (non-hydrogen) atoms. The molecule has 0 radical (unpaired) electrons. The van der Waals surface area contributed by atoms with Gasteiger partial charge in [-0.15, -0.1) is 0 Å². The topological polar surface area (TPSA) is 26.7 Å². The lowest BCUT2D eigenvalue weighted by molar-refractivity contribution is 0.0735. The average Bonchev–Trinajstić information content (AvgIpc) is 2.86. The van der Waals surface area contributed by atoms with Crippen LogP contribution in [-0.2, 0) is 0 Å². The molecule has 2 aliphatic rings. The first kappa shape index (κ1) is 13.3. The lowest BCUT2D eigenvalue weighted by Crippen LogP contribution is -2.40. The third-order valence-electron chi connectivity index (χ3n) is 4.49. The molecule has 3 atom stereocenters. The maximum atomic E-state index is 10.0. The van der Waals surface area contributed by atoms with Gasteiger partial charge in [-0.25, -0.2) is 0 Å². The van der Waals surface area contributed by atoms with Crippen molar-refractivity contribution in [3.63, 3.8) is 0 Å². The van der Waals surface area contributed by atoms with Crippen molar-refractivity contribution in [3.05, 3.63) is 0 Å². The van der Waals surface area contributed by atoms with Crippen molar-refractivity contribution >= 4 is 0 Å². The lowest BCUT2D eigenvalue weighted by Gasteiger charge is -2.31. The Kier molecular flexibility index (Phi) is 4.83. The number of hydrogen-bond donors (Lipinski definition) is 1. The van der Waals surface area contributed by atoms with E-state index in [0.717, 1.165) is 6.42 Å². The van der Waals surface area contributed by atoms with Crippen LogP contribution in [0, 0.1) is 5.92 Å². The molecule has 3 nitrogen and oxygen atoms in total. The summed E-state index contributed by atoms with van der Waals surface area (Å²) in [5.74, 6) is 0.567. The zero-order valence-corrected chi connectivity index (χ0v) is 11.4. The summed E-state index contributed by atoms with van der Waals surface area (Å²) in [6, 6.07) is 0.676. The van der Waals surface area contributed by atoms with E-state index in [9.17, 15) is 5.11 Å². The van der Waals surface area contributed by atoms with Gasteiger partial charge in [0.25, 0.3) is 0 Å². The van der Waals surface area contributed by atoms with Crippen LogP contribution < -0.4 is 0 Å². The minimum atomic E-state index is -0.0190. The summed E-state index contributed by atoms with van der Waals surface area (Å²) in [7, 11) is 4.28. The SMILES string of the molecule is CN(C)CCCN1CCCC1C1CCCC1O. The van der Waals surface area contributed by atoms with Crippen LogP contribution in [0.15, 0.2) is 0 Å². The van der Waals surface area contributed by atoms with E-state index >= 15 is 0 Å². The molecule has 1 aliphatic carbocycles. The number of nitrogens with zero attached hydrogens (tertiary/aromatic N) is 2. The highest BCUT2D eigenvalue weighted by Gasteiger charge is 2.37. The zero-order chi connectivity index (χ0) is 12.3. The van der Waals surface area contributed by atoms with E-state index < -0.39 is 0 Å². The van der Waals surface area contributed by atoms with Crippen LogP contribution >= 0.6 is 0 Å². The summed E-state index contributed by atoms with van der Waals surface area (Å²) in [6.07, 6.45) is 7.39. The van der Waals surface area contributed by atoms with Gasteiger partial charge in [-0.2, -0.15) is 0 Å². The van der Waals surface area contributed by atoms with Crippen molar-refractivity contribution in [2.45, 2.75) is 50.7 Å². The fourth-order valence-corrected chi connectivity index (χ4v) is 3.62. The van der Waals surface area contributed by atoms with Crippen LogP contribution in [-0.4, -0.2) is 60.8 Å². The van der Waals surface area contributed by atoms with Gasteiger partial charge < -0.3 is 10.0 Å². The molecule has 3 heteroatoms. The second kappa shape index (κ2) is 6.17. The van der Waals surface area contributed by atoms with Gasteiger partial charge in [0.15, 0.2) is 0 Å². The maximum Gasteiger partial charge on any atom is 0.0583 e. The van der Waals surface area contributed by atoms with Crippen LogP contribution in [0.1, 0.15) is 38.5 Å². The van der Waals surface area contributed by atoms with E-state index in [2.05, 4.69) is 23.9 Å². The highest BCUT2D eigenvalue weighted by molar-refractivity contribution is 4.91. The summed E-state index contributed by atoms with van der Waals surface area (Å²) in [5, 5.41) is 10.0. The molecule has 0 aromatic heterocycles. The summed E-state index contributed by atoms with van der Waals surface area (Å²) >= 11 is 0. The number of rotatable bonds is 5. The monoisotopic (exact) mass is 240 g/mol. The Hall–Kier alpha value is -0.120. The van der Waals surface area contributed by atoms with E-state index in [1.807, 2.05) is 0 Å². The molecule has 0 bridgehead atoms. The molecule has 0 aromatic carbocycles. The van der Waals surface area contributed by atoms with Crippen molar-refractivity contribution in [3.8, 4) is 0 Å². The van der Waals surface area contributed by atoms with Gasteiger partial charge >= 0.3 is 0 Å². The average molecular weight is 240 g/mol. The van der Waals surface area contributed by atoms with Crippen LogP contribution in [0.25, 0.3) is 0 Å².